The number of rotatable bonds is 10. The zero-order valence-electron chi connectivity index (χ0n) is 15.5. The lowest BCUT2D eigenvalue weighted by molar-refractivity contribution is -0.141. The molecule has 0 aromatic heterocycles. The van der Waals surface area contributed by atoms with E-state index in [0.29, 0.717) is 18.7 Å². The molecule has 0 saturated carbocycles. The minimum absolute atomic E-state index is 0.118. The summed E-state index contributed by atoms with van der Waals surface area (Å²) in [6.45, 7) is 0.695. The minimum Gasteiger partial charge on any atom is -0.328 e. The average Bonchev–Trinajstić information content (AvgIpc) is 2.67. The first-order valence-electron chi connectivity index (χ1n) is 9.58. The number of unbranched alkanes of at least 4 members (excludes halogenated alkanes) is 3. The lowest BCUT2D eigenvalue weighted by Crippen LogP contribution is -2.55. The highest BCUT2D eigenvalue weighted by Gasteiger charge is 2.39. The van der Waals surface area contributed by atoms with Crippen LogP contribution >= 0.6 is 0 Å². The summed E-state index contributed by atoms with van der Waals surface area (Å²) >= 11 is 0. The van der Waals surface area contributed by atoms with E-state index in [9.17, 15) is 13.4 Å². The van der Waals surface area contributed by atoms with Crippen molar-refractivity contribution in [3.05, 3.63) is 71.5 Å². The molecule has 3 rings (SSSR count). The van der Waals surface area contributed by atoms with E-state index in [1.165, 1.54) is 12.1 Å². The maximum atomic E-state index is 12.9. The molecule has 2 aromatic rings. The van der Waals surface area contributed by atoms with Crippen LogP contribution in [0.4, 0.5) is 4.39 Å². The molecule has 0 N–H and O–H groups in total. The van der Waals surface area contributed by atoms with E-state index in [4.69, 9.17) is 0 Å². The molecule has 2 unspecified atom stereocenters. The number of β-lactam (4-membered cyclic amide) rings is 1. The quantitative estimate of drug-likeness (QED) is 0.447. The van der Waals surface area contributed by atoms with E-state index < -0.39 is 10.8 Å². The van der Waals surface area contributed by atoms with Crippen LogP contribution in [0.1, 0.15) is 43.2 Å². The molecule has 0 aliphatic carbocycles. The number of halogens is 1. The lowest BCUT2D eigenvalue weighted by atomic mass is 10.1. The number of nitrogens with zero attached hydrogens (tertiary/aromatic N) is 1. The summed E-state index contributed by atoms with van der Waals surface area (Å²) in [5.41, 5.74) is 2.21. The van der Waals surface area contributed by atoms with Crippen molar-refractivity contribution in [1.29, 1.82) is 0 Å². The number of carbonyl (C=O) groups is 1. The lowest BCUT2D eigenvalue weighted by Gasteiger charge is -2.39. The van der Waals surface area contributed by atoms with E-state index in [2.05, 4.69) is 0 Å². The van der Waals surface area contributed by atoms with Crippen LogP contribution in [0, 0.1) is 5.82 Å². The van der Waals surface area contributed by atoms with Crippen LogP contribution < -0.4 is 0 Å². The van der Waals surface area contributed by atoms with Crippen LogP contribution in [0.5, 0.6) is 0 Å². The number of hydrogen-bond acceptors (Lipinski definition) is 2. The van der Waals surface area contributed by atoms with Crippen LogP contribution in [0.2, 0.25) is 0 Å². The number of aryl methyl sites for hydroxylation is 1. The first kappa shape index (κ1) is 19.7. The fourth-order valence-electron chi connectivity index (χ4n) is 3.38. The first-order valence-corrected chi connectivity index (χ1v) is 11.0. The summed E-state index contributed by atoms with van der Waals surface area (Å²) in [5, 5.41) is -0.128. The summed E-state index contributed by atoms with van der Waals surface area (Å²) in [6.07, 6.45) is 5.48. The molecule has 2 atom stereocenters. The number of hydrogen-bond donors (Lipinski definition) is 0. The van der Waals surface area contributed by atoms with Crippen molar-refractivity contribution in [1.82, 2.24) is 4.90 Å². The summed E-state index contributed by atoms with van der Waals surface area (Å²) in [7, 11) is -1.04. The molecule has 1 saturated heterocycles. The average molecular weight is 388 g/mol. The molecule has 144 valence electrons. The third-order valence-electron chi connectivity index (χ3n) is 5.00. The second-order valence-electron chi connectivity index (χ2n) is 7.05. The Hall–Kier alpha value is -2.01. The van der Waals surface area contributed by atoms with Gasteiger partial charge in [0.2, 0.25) is 5.91 Å². The van der Waals surface area contributed by atoms with Gasteiger partial charge in [0.1, 0.15) is 11.2 Å². The smallest absolute Gasteiger partial charge is 0.226 e. The van der Waals surface area contributed by atoms with Gasteiger partial charge >= 0.3 is 0 Å². The molecule has 5 heteroatoms. The Morgan fingerprint density at radius 3 is 2.33 bits per heavy atom. The van der Waals surface area contributed by atoms with Crippen LogP contribution in [0.25, 0.3) is 0 Å². The maximum absolute atomic E-state index is 12.9. The molecule has 1 amide bonds. The standard InChI is InChI=1S/C22H26FNO2S/c23-20-13-11-18(12-14-20)8-4-1-2-7-15-24-21(25)16-22(24)27(26)17-19-9-5-3-6-10-19/h3,5-6,9-14,22H,1-2,4,7-8,15-17H2. The fraction of sp³-hybridized carbons (Fsp3) is 0.409. The van der Waals surface area contributed by atoms with Gasteiger partial charge in [-0.3, -0.25) is 9.00 Å². The Balaban J connectivity index is 1.34. The summed E-state index contributed by atoms with van der Waals surface area (Å²) < 4.78 is 25.4. The van der Waals surface area contributed by atoms with Crippen molar-refractivity contribution in [2.75, 3.05) is 6.54 Å². The van der Waals surface area contributed by atoms with Crippen molar-refractivity contribution in [3.8, 4) is 0 Å². The number of amides is 1. The highest BCUT2D eigenvalue weighted by Crippen LogP contribution is 2.25. The molecule has 1 aliphatic rings. The molecule has 3 nitrogen and oxygen atoms in total. The predicted molar refractivity (Wildman–Crippen MR) is 107 cm³/mol. The van der Waals surface area contributed by atoms with Gasteiger partial charge in [-0.05, 0) is 42.5 Å². The number of carbonyl (C=O) groups excluding carboxylic acids is 1. The Morgan fingerprint density at radius 2 is 1.63 bits per heavy atom. The topological polar surface area (TPSA) is 37.4 Å². The molecule has 27 heavy (non-hydrogen) atoms. The van der Waals surface area contributed by atoms with E-state index >= 15 is 0 Å². The van der Waals surface area contributed by atoms with Crippen molar-refractivity contribution < 1.29 is 13.4 Å². The minimum atomic E-state index is -1.04. The summed E-state index contributed by atoms with van der Waals surface area (Å²) in [6, 6.07) is 16.5. The molecule has 0 bridgehead atoms. The highest BCUT2D eigenvalue weighted by atomic mass is 32.2. The van der Waals surface area contributed by atoms with Gasteiger partial charge in [0.15, 0.2) is 0 Å². The summed E-state index contributed by atoms with van der Waals surface area (Å²) in [4.78, 5) is 13.7. The largest absolute Gasteiger partial charge is 0.328 e. The monoisotopic (exact) mass is 387 g/mol. The third-order valence-corrected chi connectivity index (χ3v) is 6.65. The van der Waals surface area contributed by atoms with Crippen molar-refractivity contribution in [2.24, 2.45) is 0 Å². The van der Waals surface area contributed by atoms with Crippen LogP contribution in [0.15, 0.2) is 54.6 Å². The predicted octanol–water partition coefficient (Wildman–Crippen LogP) is 4.44. The van der Waals surface area contributed by atoms with Gasteiger partial charge in [-0.2, -0.15) is 0 Å². The summed E-state index contributed by atoms with van der Waals surface area (Å²) in [5.74, 6) is 0.428. The SMILES string of the molecule is O=C1CC(S(=O)Cc2ccccc2)N1CCCCCCc1ccc(F)cc1. The highest BCUT2D eigenvalue weighted by molar-refractivity contribution is 7.84. The number of benzene rings is 2. The second-order valence-corrected chi connectivity index (χ2v) is 8.64. The van der Waals surface area contributed by atoms with E-state index in [1.807, 2.05) is 42.5 Å². The Kier molecular flexibility index (Phi) is 7.16. The number of likely N-dealkylation sites (tertiary alicyclic amines) is 1. The van der Waals surface area contributed by atoms with E-state index in [0.717, 1.165) is 43.2 Å². The molecule has 2 aromatic carbocycles. The van der Waals surface area contributed by atoms with E-state index in [-0.39, 0.29) is 17.1 Å². The fourth-order valence-corrected chi connectivity index (χ4v) is 4.93. The Bertz CT molecular complexity index is 764. The van der Waals surface area contributed by atoms with Crippen LogP contribution in [-0.2, 0) is 27.8 Å². The first-order chi connectivity index (χ1) is 13.1. The van der Waals surface area contributed by atoms with Gasteiger partial charge in [-0.15, -0.1) is 0 Å². The third kappa shape index (κ3) is 5.73. The normalized spacial score (nSPS) is 17.6. The Morgan fingerprint density at radius 1 is 0.926 bits per heavy atom. The molecule has 1 heterocycles. The molecule has 1 fully saturated rings. The van der Waals surface area contributed by atoms with Gasteiger partial charge in [0.05, 0.1) is 12.2 Å². The Labute approximate surface area is 163 Å². The van der Waals surface area contributed by atoms with Gasteiger partial charge in [-0.1, -0.05) is 55.3 Å². The molecular weight excluding hydrogens is 361 g/mol. The second kappa shape index (κ2) is 9.79. The zero-order valence-corrected chi connectivity index (χ0v) is 16.3. The molecule has 0 spiro atoms. The molecule has 0 radical (unpaired) electrons. The van der Waals surface area contributed by atoms with E-state index in [1.54, 1.807) is 4.90 Å². The molecule has 1 aliphatic heterocycles. The van der Waals surface area contributed by atoms with Crippen LogP contribution in [0.3, 0.4) is 0 Å². The maximum Gasteiger partial charge on any atom is 0.226 e. The molecular formula is C22H26FNO2S. The zero-order chi connectivity index (χ0) is 19.1. The van der Waals surface area contributed by atoms with Crippen molar-refractivity contribution in [2.45, 2.75) is 49.7 Å². The van der Waals surface area contributed by atoms with Gasteiger partial charge < -0.3 is 4.90 Å². The van der Waals surface area contributed by atoms with Crippen molar-refractivity contribution in [3.63, 3.8) is 0 Å². The van der Waals surface area contributed by atoms with Crippen molar-refractivity contribution >= 4 is 16.7 Å². The van der Waals surface area contributed by atoms with Gasteiger partial charge in [0.25, 0.3) is 0 Å². The van der Waals surface area contributed by atoms with Gasteiger partial charge in [-0.25, -0.2) is 4.39 Å². The van der Waals surface area contributed by atoms with Gasteiger partial charge in [0, 0.05) is 17.3 Å². The van der Waals surface area contributed by atoms with Crippen LogP contribution in [-0.4, -0.2) is 26.9 Å².